The highest BCUT2D eigenvalue weighted by molar-refractivity contribution is 5.93. The molecule has 1 aromatic heterocycles. The minimum atomic E-state index is -0.786. The van der Waals surface area contributed by atoms with Crippen molar-refractivity contribution in [1.29, 1.82) is 0 Å². The molecule has 3 atom stereocenters. The highest BCUT2D eigenvalue weighted by Crippen LogP contribution is 2.27. The summed E-state index contributed by atoms with van der Waals surface area (Å²) in [5.41, 5.74) is 17.7. The molecule has 0 fully saturated rings. The molecule has 4 aromatic rings. The Bertz CT molecular complexity index is 1670. The third kappa shape index (κ3) is 8.54. The quantitative estimate of drug-likeness (QED) is 0.172. The molecule has 1 aliphatic rings. The average Bonchev–Trinajstić information content (AvgIpc) is 3.51. The second-order valence-corrected chi connectivity index (χ2v) is 12.6. The number of nitrogens with one attached hydrogen (secondary N) is 3. The molecule has 5 rings (SSSR count). The summed E-state index contributed by atoms with van der Waals surface area (Å²) in [5, 5.41) is 7.66. The molecule has 0 unspecified atom stereocenters. The van der Waals surface area contributed by atoms with Gasteiger partial charge in [0.15, 0.2) is 5.78 Å². The van der Waals surface area contributed by atoms with Gasteiger partial charge >= 0.3 is 0 Å². The van der Waals surface area contributed by atoms with E-state index in [1.807, 2.05) is 60.8 Å². The Kier molecular flexibility index (Phi) is 11.9. The fraction of sp³-hybridized carbons (Fsp3) is 0.395. The van der Waals surface area contributed by atoms with Gasteiger partial charge in [0.25, 0.3) is 0 Å². The van der Waals surface area contributed by atoms with Crippen LogP contribution in [0.2, 0.25) is 0 Å². The SMILES string of the molecule is CN1C(=O)[C@H](CCCCN)CC(=O)[C@H](CCCN)NCc2cccc(c2)-c2ccccc2CNC(=O)[C@@H]1Cc1c[nH]c2ccccc12. The van der Waals surface area contributed by atoms with E-state index in [0.717, 1.165) is 51.6 Å². The standard InChI is InChI=1S/C38H48N6O3/c1-44-35(21-30-25-42-33-16-5-4-15-32(30)33)37(46)43-24-29-12-2-3-14-31(29)27-13-8-10-26(20-27)23-41-34(17-9-19-40)36(45)22-28(38(44)47)11-6-7-18-39/h2-5,8,10,12-16,20,25,28,34-35,41-42H,6-7,9,11,17-19,21-24,39-40H2,1H3,(H,43,46)/t28-,34+,35+/m1/s1. The molecule has 47 heavy (non-hydrogen) atoms. The van der Waals surface area contributed by atoms with Crippen LogP contribution in [0.3, 0.4) is 0 Å². The van der Waals surface area contributed by atoms with Gasteiger partial charge in [-0.15, -0.1) is 0 Å². The smallest absolute Gasteiger partial charge is 0.243 e. The number of ketones is 1. The number of hydrogen-bond donors (Lipinski definition) is 5. The largest absolute Gasteiger partial charge is 0.361 e. The lowest BCUT2D eigenvalue weighted by molar-refractivity contribution is -0.143. The zero-order valence-corrected chi connectivity index (χ0v) is 27.3. The lowest BCUT2D eigenvalue weighted by atomic mass is 9.90. The van der Waals surface area contributed by atoms with E-state index in [9.17, 15) is 14.4 Å². The second kappa shape index (κ2) is 16.5. The lowest BCUT2D eigenvalue weighted by Crippen LogP contribution is -2.51. The molecule has 9 heteroatoms. The van der Waals surface area contributed by atoms with Crippen molar-refractivity contribution in [3.8, 4) is 11.1 Å². The van der Waals surface area contributed by atoms with Gasteiger partial charge in [-0.1, -0.05) is 67.1 Å². The zero-order chi connectivity index (χ0) is 33.2. The number of amides is 2. The Labute approximate surface area is 277 Å². The topological polar surface area (TPSA) is 146 Å². The van der Waals surface area contributed by atoms with Crippen molar-refractivity contribution in [2.75, 3.05) is 20.1 Å². The minimum absolute atomic E-state index is 0.0126. The summed E-state index contributed by atoms with van der Waals surface area (Å²) >= 11 is 0. The van der Waals surface area contributed by atoms with Crippen molar-refractivity contribution in [2.45, 2.75) is 70.1 Å². The number of Topliss-reactive ketones (excluding diaryl/α,β-unsaturated/α-hetero) is 1. The number of para-hydroxylation sites is 1. The number of carbonyl (C=O) groups is 3. The Balaban J connectivity index is 1.54. The van der Waals surface area contributed by atoms with Crippen LogP contribution in [-0.2, 0) is 33.9 Å². The Morgan fingerprint density at radius 1 is 0.851 bits per heavy atom. The molecule has 2 heterocycles. The first-order chi connectivity index (χ1) is 22.9. The van der Waals surface area contributed by atoms with Gasteiger partial charge in [0.1, 0.15) is 6.04 Å². The number of aromatic amines is 1. The first-order valence-corrected chi connectivity index (χ1v) is 16.8. The van der Waals surface area contributed by atoms with Crippen LogP contribution in [0, 0.1) is 5.92 Å². The molecule has 248 valence electrons. The van der Waals surface area contributed by atoms with Crippen LogP contribution in [-0.4, -0.2) is 59.7 Å². The minimum Gasteiger partial charge on any atom is -0.361 e. The highest BCUT2D eigenvalue weighted by Gasteiger charge is 2.34. The maximum absolute atomic E-state index is 14.3. The summed E-state index contributed by atoms with van der Waals surface area (Å²) in [6.07, 6.45) is 5.60. The van der Waals surface area contributed by atoms with Crippen molar-refractivity contribution < 1.29 is 14.4 Å². The summed E-state index contributed by atoms with van der Waals surface area (Å²) in [4.78, 5) is 47.3. The number of nitrogens with two attached hydrogens (primary N) is 2. The lowest BCUT2D eigenvalue weighted by Gasteiger charge is -2.31. The summed E-state index contributed by atoms with van der Waals surface area (Å²) in [6.45, 7) is 1.80. The van der Waals surface area contributed by atoms with E-state index in [4.69, 9.17) is 11.5 Å². The molecule has 0 saturated carbocycles. The summed E-state index contributed by atoms with van der Waals surface area (Å²) in [5.74, 6) is -1.03. The molecule has 0 radical (unpaired) electrons. The van der Waals surface area contributed by atoms with Gasteiger partial charge in [-0.05, 0) is 78.7 Å². The van der Waals surface area contributed by atoms with E-state index >= 15 is 0 Å². The number of rotatable bonds is 9. The Morgan fingerprint density at radius 3 is 2.47 bits per heavy atom. The van der Waals surface area contributed by atoms with Gasteiger partial charge in [0.05, 0.1) is 6.04 Å². The van der Waals surface area contributed by atoms with E-state index < -0.39 is 18.0 Å². The van der Waals surface area contributed by atoms with Gasteiger partial charge in [-0.25, -0.2) is 0 Å². The number of benzene rings is 3. The summed E-state index contributed by atoms with van der Waals surface area (Å²) in [7, 11) is 1.69. The molecule has 9 nitrogen and oxygen atoms in total. The van der Waals surface area contributed by atoms with E-state index in [-0.39, 0.29) is 24.0 Å². The normalized spacial score (nSPS) is 19.8. The summed E-state index contributed by atoms with van der Waals surface area (Å²) in [6, 6.07) is 23.0. The Morgan fingerprint density at radius 2 is 1.64 bits per heavy atom. The fourth-order valence-electron chi connectivity index (χ4n) is 6.63. The molecule has 0 aliphatic carbocycles. The number of nitrogens with zero attached hydrogens (tertiary/aromatic N) is 1. The summed E-state index contributed by atoms with van der Waals surface area (Å²) < 4.78 is 0. The van der Waals surface area contributed by atoms with Gasteiger partial charge in [-0.2, -0.15) is 0 Å². The van der Waals surface area contributed by atoms with Crippen molar-refractivity contribution in [3.05, 3.63) is 95.7 Å². The molecule has 0 saturated heterocycles. The van der Waals surface area contributed by atoms with Crippen molar-refractivity contribution >= 4 is 28.5 Å². The number of carbonyl (C=O) groups excluding carboxylic acids is 3. The Hall–Kier alpha value is -4.31. The number of unbranched alkanes of at least 4 members (excludes halogenated alkanes) is 1. The number of fused-ring (bicyclic) bond motifs is 5. The number of aromatic nitrogens is 1. The third-order valence-electron chi connectivity index (χ3n) is 9.36. The van der Waals surface area contributed by atoms with Gasteiger partial charge in [0.2, 0.25) is 11.8 Å². The molecular formula is C38H48N6O3. The van der Waals surface area contributed by atoms with Crippen molar-refractivity contribution in [3.63, 3.8) is 0 Å². The molecule has 2 bridgehead atoms. The maximum atomic E-state index is 14.3. The number of hydrogen-bond acceptors (Lipinski definition) is 6. The highest BCUT2D eigenvalue weighted by atomic mass is 16.2. The van der Waals surface area contributed by atoms with Crippen LogP contribution in [0.15, 0.2) is 79.0 Å². The first-order valence-electron chi connectivity index (χ1n) is 16.8. The van der Waals surface area contributed by atoms with Gasteiger partial charge in [0, 0.05) is 56.0 Å². The number of likely N-dealkylation sites (N-methyl/N-ethyl adjacent to an activating group) is 1. The van der Waals surface area contributed by atoms with E-state index in [2.05, 4.69) is 33.8 Å². The molecular weight excluding hydrogens is 588 g/mol. The van der Waals surface area contributed by atoms with Crippen molar-refractivity contribution in [2.24, 2.45) is 17.4 Å². The van der Waals surface area contributed by atoms with Crippen LogP contribution in [0.4, 0.5) is 0 Å². The maximum Gasteiger partial charge on any atom is 0.243 e. The van der Waals surface area contributed by atoms with Crippen LogP contribution >= 0.6 is 0 Å². The number of H-pyrrole nitrogens is 1. The van der Waals surface area contributed by atoms with Crippen LogP contribution < -0.4 is 22.1 Å². The third-order valence-corrected chi connectivity index (χ3v) is 9.36. The second-order valence-electron chi connectivity index (χ2n) is 12.6. The fourth-order valence-corrected chi connectivity index (χ4v) is 6.63. The molecule has 3 aromatic carbocycles. The molecule has 7 N–H and O–H groups in total. The molecule has 1 aliphatic heterocycles. The van der Waals surface area contributed by atoms with E-state index in [1.165, 1.54) is 0 Å². The predicted octanol–water partition coefficient (Wildman–Crippen LogP) is 4.44. The van der Waals surface area contributed by atoms with E-state index in [1.54, 1.807) is 11.9 Å². The van der Waals surface area contributed by atoms with Crippen molar-refractivity contribution in [1.82, 2.24) is 20.5 Å². The van der Waals surface area contributed by atoms with Crippen LogP contribution in [0.5, 0.6) is 0 Å². The van der Waals surface area contributed by atoms with Gasteiger partial charge in [-0.3, -0.25) is 14.4 Å². The molecule has 0 spiro atoms. The van der Waals surface area contributed by atoms with Gasteiger partial charge < -0.3 is 32.0 Å². The zero-order valence-electron chi connectivity index (χ0n) is 27.3. The monoisotopic (exact) mass is 636 g/mol. The van der Waals surface area contributed by atoms with Crippen LogP contribution in [0.25, 0.3) is 22.0 Å². The molecule has 2 amide bonds. The van der Waals surface area contributed by atoms with E-state index in [0.29, 0.717) is 51.9 Å². The first kappa shape index (κ1) is 34.0. The predicted molar refractivity (Wildman–Crippen MR) is 187 cm³/mol. The van der Waals surface area contributed by atoms with Crippen LogP contribution in [0.1, 0.15) is 55.2 Å². The average molecular weight is 637 g/mol.